The molecule has 0 aliphatic heterocycles. The van der Waals surface area contributed by atoms with Crippen LogP contribution in [0, 0.1) is 5.82 Å². The average Bonchev–Trinajstić information content (AvgIpc) is 2.37. The van der Waals surface area contributed by atoms with Gasteiger partial charge in [0.25, 0.3) is 0 Å². The Morgan fingerprint density at radius 1 is 1.29 bits per heavy atom. The van der Waals surface area contributed by atoms with Crippen molar-refractivity contribution in [2.75, 3.05) is 39.6 Å². The van der Waals surface area contributed by atoms with Gasteiger partial charge in [-0.15, -0.1) is 0 Å². The number of anilines is 1. The Labute approximate surface area is 125 Å². The number of nitrogens with one attached hydrogen (secondary N) is 1. The van der Waals surface area contributed by atoms with Crippen LogP contribution in [0.3, 0.4) is 0 Å². The first-order valence-corrected chi connectivity index (χ1v) is 6.90. The Bertz CT molecular complexity index is 478. The molecule has 1 aromatic rings. The number of rotatable bonds is 6. The number of halogens is 1. The predicted molar refractivity (Wildman–Crippen MR) is 82.4 cm³/mol. The number of carbonyl (C=O) groups is 1. The summed E-state index contributed by atoms with van der Waals surface area (Å²) in [5, 5.41) is 2.71. The number of amides is 2. The molecule has 6 heteroatoms. The number of benzene rings is 1. The lowest BCUT2D eigenvalue weighted by Crippen LogP contribution is -2.43. The van der Waals surface area contributed by atoms with E-state index in [2.05, 4.69) is 5.32 Å². The number of hydrogen-bond acceptors (Lipinski definition) is 3. The van der Waals surface area contributed by atoms with Gasteiger partial charge in [0.1, 0.15) is 11.6 Å². The first-order valence-electron chi connectivity index (χ1n) is 6.90. The van der Waals surface area contributed by atoms with E-state index in [-0.39, 0.29) is 12.1 Å². The molecule has 0 fully saturated rings. The van der Waals surface area contributed by atoms with Crippen LogP contribution in [0.25, 0.3) is 0 Å². The number of ether oxygens (including phenoxy) is 1. The fourth-order valence-electron chi connectivity index (χ4n) is 1.85. The minimum atomic E-state index is -0.450. The van der Waals surface area contributed by atoms with Crippen LogP contribution in [0.5, 0.6) is 5.75 Å². The molecule has 1 rings (SSSR count). The molecule has 0 saturated heterocycles. The van der Waals surface area contributed by atoms with Gasteiger partial charge in [-0.1, -0.05) is 0 Å². The summed E-state index contributed by atoms with van der Waals surface area (Å²) in [7, 11) is 5.36. The summed E-state index contributed by atoms with van der Waals surface area (Å²) >= 11 is 0. The summed E-state index contributed by atoms with van der Waals surface area (Å²) in [6.45, 7) is 5.25. The van der Waals surface area contributed by atoms with Gasteiger partial charge in [0.2, 0.25) is 0 Å². The maximum atomic E-state index is 13.4. The Kier molecular flexibility index (Phi) is 6.42. The van der Waals surface area contributed by atoms with Crippen LogP contribution in [0.2, 0.25) is 0 Å². The normalized spacial score (nSPS) is 10.9. The van der Waals surface area contributed by atoms with Gasteiger partial charge in [-0.3, -0.25) is 0 Å². The molecule has 0 bridgehead atoms. The number of nitrogens with zero attached hydrogens (tertiary/aromatic N) is 2. The number of hydrogen-bond donors (Lipinski definition) is 1. The molecule has 1 aromatic carbocycles. The largest absolute Gasteiger partial charge is 0.497 e. The molecule has 2 amide bonds. The molecule has 0 atom stereocenters. The van der Waals surface area contributed by atoms with Crippen molar-refractivity contribution in [1.29, 1.82) is 0 Å². The highest BCUT2D eigenvalue weighted by atomic mass is 19.1. The molecule has 5 nitrogen and oxygen atoms in total. The monoisotopic (exact) mass is 297 g/mol. The topological polar surface area (TPSA) is 44.8 Å². The molecule has 0 heterocycles. The van der Waals surface area contributed by atoms with E-state index < -0.39 is 5.82 Å². The van der Waals surface area contributed by atoms with Crippen LogP contribution in [-0.4, -0.2) is 56.2 Å². The zero-order valence-electron chi connectivity index (χ0n) is 13.3. The molecule has 0 spiro atoms. The summed E-state index contributed by atoms with van der Waals surface area (Å²) in [5.41, 5.74) is 0.382. The molecule has 0 radical (unpaired) electrons. The van der Waals surface area contributed by atoms with Gasteiger partial charge in [0.15, 0.2) is 0 Å². The van der Waals surface area contributed by atoms with Crippen LogP contribution in [-0.2, 0) is 0 Å². The first kappa shape index (κ1) is 17.2. The number of likely N-dealkylation sites (N-methyl/N-ethyl adjacent to an activating group) is 1. The fourth-order valence-corrected chi connectivity index (χ4v) is 1.85. The van der Waals surface area contributed by atoms with Crippen molar-refractivity contribution < 1.29 is 13.9 Å². The van der Waals surface area contributed by atoms with Crippen molar-refractivity contribution in [2.24, 2.45) is 0 Å². The summed E-state index contributed by atoms with van der Waals surface area (Å²) in [6.07, 6.45) is 0. The number of carbonyl (C=O) groups excluding carboxylic acids is 1. The van der Waals surface area contributed by atoms with Crippen LogP contribution in [0.1, 0.15) is 13.8 Å². The van der Waals surface area contributed by atoms with Crippen molar-refractivity contribution in [3.63, 3.8) is 0 Å². The van der Waals surface area contributed by atoms with E-state index in [1.807, 2.05) is 32.8 Å². The van der Waals surface area contributed by atoms with Crippen molar-refractivity contribution in [1.82, 2.24) is 9.80 Å². The maximum absolute atomic E-state index is 13.4. The van der Waals surface area contributed by atoms with Crippen LogP contribution < -0.4 is 10.1 Å². The van der Waals surface area contributed by atoms with Crippen molar-refractivity contribution in [3.05, 3.63) is 24.0 Å². The molecule has 0 unspecified atom stereocenters. The lowest BCUT2D eigenvalue weighted by atomic mass is 10.3. The number of urea groups is 1. The smallest absolute Gasteiger partial charge is 0.322 e. The second-order valence-electron chi connectivity index (χ2n) is 5.40. The van der Waals surface area contributed by atoms with E-state index in [9.17, 15) is 9.18 Å². The Hall–Kier alpha value is -1.82. The summed E-state index contributed by atoms with van der Waals surface area (Å²) < 4.78 is 18.4. The van der Waals surface area contributed by atoms with E-state index >= 15 is 0 Å². The molecule has 1 N–H and O–H groups in total. The van der Waals surface area contributed by atoms with Crippen molar-refractivity contribution in [2.45, 2.75) is 19.9 Å². The lowest BCUT2D eigenvalue weighted by molar-refractivity contribution is 0.189. The molecule has 118 valence electrons. The molecule has 21 heavy (non-hydrogen) atoms. The molecule has 0 aliphatic carbocycles. The summed E-state index contributed by atoms with van der Waals surface area (Å²) in [5.74, 6) is -0.0799. The van der Waals surface area contributed by atoms with Gasteiger partial charge in [-0.25, -0.2) is 9.18 Å². The van der Waals surface area contributed by atoms with Gasteiger partial charge >= 0.3 is 6.03 Å². The van der Waals surface area contributed by atoms with Crippen LogP contribution in [0.15, 0.2) is 18.2 Å². The zero-order valence-corrected chi connectivity index (χ0v) is 13.3. The average molecular weight is 297 g/mol. The second kappa shape index (κ2) is 7.83. The van der Waals surface area contributed by atoms with Crippen molar-refractivity contribution in [3.8, 4) is 5.75 Å². The SMILES string of the molecule is COc1cc(F)cc(NC(=O)N(CCN(C)C)C(C)C)c1. The third kappa shape index (κ3) is 5.59. The van der Waals surface area contributed by atoms with Gasteiger partial charge in [0, 0.05) is 37.0 Å². The van der Waals surface area contributed by atoms with Gasteiger partial charge in [0.05, 0.1) is 7.11 Å². The van der Waals surface area contributed by atoms with Crippen LogP contribution >= 0.6 is 0 Å². The van der Waals surface area contributed by atoms with Crippen molar-refractivity contribution >= 4 is 11.7 Å². The number of methoxy groups -OCH3 is 1. The van der Waals surface area contributed by atoms with Gasteiger partial charge < -0.3 is 19.9 Å². The molecular formula is C15H24FN3O2. The second-order valence-corrected chi connectivity index (χ2v) is 5.40. The highest BCUT2D eigenvalue weighted by Crippen LogP contribution is 2.20. The standard InChI is InChI=1S/C15H24FN3O2/c1-11(2)19(7-6-18(3)4)15(20)17-13-8-12(16)9-14(10-13)21-5/h8-11H,6-7H2,1-5H3,(H,17,20). The van der Waals surface area contributed by atoms with Crippen LogP contribution in [0.4, 0.5) is 14.9 Å². The van der Waals surface area contributed by atoms with E-state index in [4.69, 9.17) is 4.74 Å². The lowest BCUT2D eigenvalue weighted by Gasteiger charge is -2.28. The first-order chi connectivity index (χ1) is 9.83. The van der Waals surface area contributed by atoms with Gasteiger partial charge in [-0.2, -0.15) is 0 Å². The highest BCUT2D eigenvalue weighted by molar-refractivity contribution is 5.89. The highest BCUT2D eigenvalue weighted by Gasteiger charge is 2.17. The molecule has 0 aliphatic rings. The Morgan fingerprint density at radius 3 is 2.48 bits per heavy atom. The van der Waals surface area contributed by atoms with E-state index in [1.165, 1.54) is 19.2 Å². The summed E-state index contributed by atoms with van der Waals surface area (Å²) in [4.78, 5) is 16.0. The van der Waals surface area contributed by atoms with Gasteiger partial charge in [-0.05, 0) is 34.0 Å². The van der Waals surface area contributed by atoms with E-state index in [0.29, 0.717) is 18.0 Å². The Balaban J connectivity index is 2.79. The third-order valence-electron chi connectivity index (χ3n) is 3.03. The predicted octanol–water partition coefficient (Wildman–Crippen LogP) is 2.64. The maximum Gasteiger partial charge on any atom is 0.322 e. The quantitative estimate of drug-likeness (QED) is 0.878. The molecule has 0 saturated carbocycles. The Morgan fingerprint density at radius 2 is 1.95 bits per heavy atom. The zero-order chi connectivity index (χ0) is 16.0. The fraction of sp³-hybridized carbons (Fsp3) is 0.533. The van der Waals surface area contributed by atoms with E-state index in [0.717, 1.165) is 6.54 Å². The summed E-state index contributed by atoms with van der Waals surface area (Å²) in [6, 6.07) is 3.93. The van der Waals surface area contributed by atoms with E-state index in [1.54, 1.807) is 11.0 Å². The molecule has 0 aromatic heterocycles. The minimum absolute atomic E-state index is 0.0559. The third-order valence-corrected chi connectivity index (χ3v) is 3.03. The minimum Gasteiger partial charge on any atom is -0.497 e. The molecular weight excluding hydrogens is 273 g/mol.